The van der Waals surface area contributed by atoms with Crippen LogP contribution in [0.4, 0.5) is 0 Å². The molecule has 1 aromatic heterocycles. The van der Waals surface area contributed by atoms with Crippen molar-refractivity contribution < 1.29 is 4.79 Å². The zero-order chi connectivity index (χ0) is 15.8. The van der Waals surface area contributed by atoms with Crippen LogP contribution in [-0.2, 0) is 0 Å². The zero-order valence-corrected chi connectivity index (χ0v) is 13.4. The molecular weight excluding hydrogens is 288 g/mol. The molecule has 1 atom stereocenters. The number of rotatable bonds is 3. The van der Waals surface area contributed by atoms with Gasteiger partial charge in [0.15, 0.2) is 0 Å². The van der Waals surface area contributed by atoms with E-state index in [0.717, 1.165) is 17.9 Å². The van der Waals surface area contributed by atoms with Crippen molar-refractivity contribution in [2.75, 3.05) is 19.6 Å². The van der Waals surface area contributed by atoms with Gasteiger partial charge in [-0.3, -0.25) is 4.79 Å². The molecule has 3 fully saturated rings. The Morgan fingerprint density at radius 3 is 2.61 bits per heavy atom. The van der Waals surface area contributed by atoms with E-state index in [4.69, 9.17) is 0 Å². The van der Waals surface area contributed by atoms with E-state index in [2.05, 4.69) is 15.3 Å². The van der Waals surface area contributed by atoms with Gasteiger partial charge in [0.2, 0.25) is 0 Å². The molecule has 5 rings (SSSR count). The average molecular weight is 310 g/mol. The lowest BCUT2D eigenvalue weighted by Gasteiger charge is -2.44. The van der Waals surface area contributed by atoms with Gasteiger partial charge in [0.25, 0.3) is 5.91 Å². The van der Waals surface area contributed by atoms with E-state index in [-0.39, 0.29) is 11.9 Å². The number of amides is 1. The van der Waals surface area contributed by atoms with Crippen LogP contribution in [0.1, 0.15) is 28.9 Å². The van der Waals surface area contributed by atoms with Crippen LogP contribution in [0.15, 0.2) is 36.5 Å². The van der Waals surface area contributed by atoms with Gasteiger partial charge in [-0.2, -0.15) is 5.10 Å². The van der Waals surface area contributed by atoms with Crippen LogP contribution in [0, 0.1) is 12.8 Å². The van der Waals surface area contributed by atoms with Gasteiger partial charge < -0.3 is 10.2 Å². The number of hydrogen-bond acceptors (Lipinski definition) is 3. The molecule has 0 spiro atoms. The molecule has 1 unspecified atom stereocenters. The van der Waals surface area contributed by atoms with E-state index in [9.17, 15) is 4.79 Å². The van der Waals surface area contributed by atoms with Crippen LogP contribution in [0.2, 0.25) is 0 Å². The molecule has 1 aromatic carbocycles. The Balaban J connectivity index is 1.52. The Morgan fingerprint density at radius 2 is 1.96 bits per heavy atom. The van der Waals surface area contributed by atoms with Crippen molar-refractivity contribution in [1.29, 1.82) is 0 Å². The van der Waals surface area contributed by atoms with E-state index in [1.165, 1.54) is 25.9 Å². The van der Waals surface area contributed by atoms with Crippen molar-refractivity contribution in [3.63, 3.8) is 0 Å². The number of hydrogen-bond donors (Lipinski definition) is 1. The fourth-order valence-electron chi connectivity index (χ4n) is 3.77. The van der Waals surface area contributed by atoms with Gasteiger partial charge in [0, 0.05) is 18.8 Å². The minimum Gasteiger partial charge on any atom is -0.348 e. The van der Waals surface area contributed by atoms with Gasteiger partial charge in [-0.1, -0.05) is 18.2 Å². The van der Waals surface area contributed by atoms with Gasteiger partial charge in [-0.25, -0.2) is 4.68 Å². The summed E-state index contributed by atoms with van der Waals surface area (Å²) in [5.41, 5.74) is 2.41. The number of fused-ring (bicyclic) bond motifs is 3. The molecule has 1 amide bonds. The molecule has 5 nitrogen and oxygen atoms in total. The summed E-state index contributed by atoms with van der Waals surface area (Å²) < 4.78 is 1.78. The summed E-state index contributed by atoms with van der Waals surface area (Å²) in [5, 5.41) is 7.73. The molecule has 2 bridgehead atoms. The van der Waals surface area contributed by atoms with Crippen molar-refractivity contribution >= 4 is 5.91 Å². The Morgan fingerprint density at radius 1 is 1.22 bits per heavy atom. The summed E-state index contributed by atoms with van der Waals surface area (Å²) >= 11 is 0. The number of nitrogens with zero attached hydrogens (tertiary/aromatic N) is 3. The normalized spacial score (nSPS) is 26.2. The lowest BCUT2D eigenvalue weighted by molar-refractivity contribution is 0.0620. The number of carbonyl (C=O) groups excluding carboxylic acids is 1. The summed E-state index contributed by atoms with van der Waals surface area (Å²) in [5.74, 6) is 0.636. The smallest absolute Gasteiger partial charge is 0.255 e. The monoisotopic (exact) mass is 310 g/mol. The summed E-state index contributed by atoms with van der Waals surface area (Å²) in [7, 11) is 0. The molecule has 1 N–H and O–H groups in total. The second kappa shape index (κ2) is 5.81. The fourth-order valence-corrected chi connectivity index (χ4v) is 3.77. The molecule has 2 aromatic rings. The molecule has 3 aliphatic heterocycles. The first-order chi connectivity index (χ1) is 11.2. The minimum atomic E-state index is 0.00318. The SMILES string of the molecule is Cc1nn(-c2ccccc2)cc1C(=O)NC1CN2CCC1CC2. The van der Waals surface area contributed by atoms with E-state index in [1.807, 2.05) is 43.5 Å². The van der Waals surface area contributed by atoms with Crippen LogP contribution in [0.25, 0.3) is 5.69 Å². The minimum absolute atomic E-state index is 0.00318. The highest BCUT2D eigenvalue weighted by molar-refractivity contribution is 5.95. The Kier molecular flexibility index (Phi) is 3.65. The molecule has 0 radical (unpaired) electrons. The first-order valence-electron chi connectivity index (χ1n) is 8.35. The van der Waals surface area contributed by atoms with Crippen molar-refractivity contribution in [2.45, 2.75) is 25.8 Å². The number of carbonyl (C=O) groups is 1. The van der Waals surface area contributed by atoms with E-state index in [1.54, 1.807) is 4.68 Å². The number of benzene rings is 1. The topological polar surface area (TPSA) is 50.2 Å². The number of aryl methyl sites for hydroxylation is 1. The summed E-state index contributed by atoms with van der Waals surface area (Å²) in [6, 6.07) is 10.2. The van der Waals surface area contributed by atoms with E-state index < -0.39 is 0 Å². The zero-order valence-electron chi connectivity index (χ0n) is 13.4. The van der Waals surface area contributed by atoms with Crippen LogP contribution in [0.3, 0.4) is 0 Å². The maximum Gasteiger partial charge on any atom is 0.255 e. The summed E-state index contributed by atoms with van der Waals surface area (Å²) in [6.07, 6.45) is 4.24. The van der Waals surface area contributed by atoms with Crippen LogP contribution in [0.5, 0.6) is 0 Å². The molecule has 5 heteroatoms. The van der Waals surface area contributed by atoms with Crippen LogP contribution in [-0.4, -0.2) is 46.3 Å². The maximum absolute atomic E-state index is 12.7. The van der Waals surface area contributed by atoms with E-state index >= 15 is 0 Å². The second-order valence-electron chi connectivity index (χ2n) is 6.63. The van der Waals surface area contributed by atoms with Gasteiger partial charge in [-0.15, -0.1) is 0 Å². The van der Waals surface area contributed by atoms with Gasteiger partial charge in [0.1, 0.15) is 0 Å². The molecule has 23 heavy (non-hydrogen) atoms. The standard InChI is InChI=1S/C18H22N4O/c1-13-16(11-22(20-13)15-5-3-2-4-6-15)18(23)19-17-12-21-9-7-14(17)8-10-21/h2-6,11,14,17H,7-10,12H2,1H3,(H,19,23). The summed E-state index contributed by atoms with van der Waals surface area (Å²) in [6.45, 7) is 5.25. The van der Waals surface area contributed by atoms with Gasteiger partial charge in [0.05, 0.1) is 16.9 Å². The number of para-hydroxylation sites is 1. The molecule has 0 saturated carbocycles. The Hall–Kier alpha value is -2.14. The van der Waals surface area contributed by atoms with Crippen molar-refractivity contribution in [1.82, 2.24) is 20.0 Å². The number of piperidine rings is 3. The first kappa shape index (κ1) is 14.5. The van der Waals surface area contributed by atoms with Crippen molar-refractivity contribution in [3.8, 4) is 5.69 Å². The van der Waals surface area contributed by atoms with Crippen LogP contribution >= 0.6 is 0 Å². The molecule has 3 aliphatic rings. The quantitative estimate of drug-likeness (QED) is 0.943. The highest BCUT2D eigenvalue weighted by Gasteiger charge is 2.35. The average Bonchev–Trinajstić information content (AvgIpc) is 2.99. The number of aromatic nitrogens is 2. The third-order valence-electron chi connectivity index (χ3n) is 5.14. The van der Waals surface area contributed by atoms with Crippen molar-refractivity contribution in [3.05, 3.63) is 47.8 Å². The Bertz CT molecular complexity index is 701. The van der Waals surface area contributed by atoms with Gasteiger partial charge >= 0.3 is 0 Å². The molecule has 3 saturated heterocycles. The van der Waals surface area contributed by atoms with Crippen molar-refractivity contribution in [2.24, 2.45) is 5.92 Å². The lowest BCUT2D eigenvalue weighted by atomic mass is 9.84. The highest BCUT2D eigenvalue weighted by Crippen LogP contribution is 2.27. The molecule has 4 heterocycles. The molecule has 120 valence electrons. The van der Waals surface area contributed by atoms with Crippen LogP contribution < -0.4 is 5.32 Å². The first-order valence-corrected chi connectivity index (χ1v) is 8.35. The Labute approximate surface area is 136 Å². The maximum atomic E-state index is 12.7. The van der Waals surface area contributed by atoms with Gasteiger partial charge in [-0.05, 0) is 50.9 Å². The molecule has 0 aliphatic carbocycles. The largest absolute Gasteiger partial charge is 0.348 e. The van der Waals surface area contributed by atoms with E-state index in [0.29, 0.717) is 11.5 Å². The fraction of sp³-hybridized carbons (Fsp3) is 0.444. The third-order valence-corrected chi connectivity index (χ3v) is 5.14. The molecular formula is C18H22N4O. The predicted molar refractivity (Wildman–Crippen MR) is 88.7 cm³/mol. The second-order valence-corrected chi connectivity index (χ2v) is 6.63. The lowest BCUT2D eigenvalue weighted by Crippen LogP contribution is -2.57. The summed E-state index contributed by atoms with van der Waals surface area (Å²) in [4.78, 5) is 15.1. The highest BCUT2D eigenvalue weighted by atomic mass is 16.1. The third kappa shape index (κ3) is 2.77. The predicted octanol–water partition coefficient (Wildman–Crippen LogP) is 2.00. The number of nitrogens with one attached hydrogen (secondary N) is 1.